The Morgan fingerprint density at radius 3 is 2.72 bits per heavy atom. The minimum Gasteiger partial charge on any atom is -0.396 e. The quantitative estimate of drug-likeness (QED) is 0.714. The smallest absolute Gasteiger partial charge is 0.233 e. The Bertz CT molecular complexity index is 575. The number of hydrogen-bond acceptors (Lipinski definition) is 7. The molecule has 0 aliphatic carbocycles. The molecule has 140 valence electrons. The van der Waals surface area contributed by atoms with Gasteiger partial charge in [-0.1, -0.05) is 11.8 Å². The third kappa shape index (κ3) is 5.17. The molecule has 2 aliphatic rings. The lowest BCUT2D eigenvalue weighted by atomic mass is 9.95. The van der Waals surface area contributed by atoms with E-state index >= 15 is 0 Å². The van der Waals surface area contributed by atoms with Crippen LogP contribution in [0.5, 0.6) is 0 Å². The van der Waals surface area contributed by atoms with Crippen LogP contribution in [-0.2, 0) is 4.79 Å². The number of carbonyl (C=O) groups excluding carboxylic acids is 1. The Balaban J connectivity index is 1.49. The molecule has 2 fully saturated rings. The van der Waals surface area contributed by atoms with Gasteiger partial charge in [0.15, 0.2) is 4.34 Å². The van der Waals surface area contributed by atoms with Crippen LogP contribution in [0.2, 0.25) is 0 Å². The molecule has 25 heavy (non-hydrogen) atoms. The van der Waals surface area contributed by atoms with Gasteiger partial charge in [-0.2, -0.15) is 0 Å². The fourth-order valence-electron chi connectivity index (χ4n) is 3.60. The molecule has 1 aromatic heterocycles. The van der Waals surface area contributed by atoms with Gasteiger partial charge in [-0.3, -0.25) is 4.79 Å². The third-order valence-corrected chi connectivity index (χ3v) is 7.25. The second-order valence-corrected chi connectivity index (χ2v) is 9.16. The molecule has 0 aromatic carbocycles. The number of amides is 1. The fraction of sp³-hybridized carbons (Fsp3) is 0.765. The second kappa shape index (κ2) is 8.81. The number of aliphatic hydroxyl groups is 2. The topological polar surface area (TPSA) is 76.9 Å². The number of nitrogens with zero attached hydrogens (tertiary/aromatic N) is 3. The van der Waals surface area contributed by atoms with Crippen LogP contribution in [0, 0.1) is 18.8 Å². The van der Waals surface area contributed by atoms with Crippen molar-refractivity contribution in [2.75, 3.05) is 45.1 Å². The Hall–Kier alpha value is -0.670. The monoisotopic (exact) mass is 385 g/mol. The summed E-state index contributed by atoms with van der Waals surface area (Å²) in [6.45, 7) is 6.17. The average molecular weight is 386 g/mol. The summed E-state index contributed by atoms with van der Waals surface area (Å²) < 4.78 is 0.937. The number of hydrogen-bond donors (Lipinski definition) is 2. The van der Waals surface area contributed by atoms with Gasteiger partial charge >= 0.3 is 0 Å². The number of thiazole rings is 1. The SMILES string of the molecule is Cc1csc(SCC(=O)N2C[C@@H](CN3CCC(O)CC3)[C@@H](CO)C2)n1. The Kier molecular flexibility index (Phi) is 6.73. The molecule has 8 heteroatoms. The molecular formula is C17H27N3O3S2. The molecule has 2 aliphatic heterocycles. The summed E-state index contributed by atoms with van der Waals surface area (Å²) in [5.74, 6) is 1.01. The van der Waals surface area contributed by atoms with Gasteiger partial charge in [0, 0.05) is 56.3 Å². The first-order chi connectivity index (χ1) is 12.0. The van der Waals surface area contributed by atoms with Gasteiger partial charge in [0.25, 0.3) is 0 Å². The predicted molar refractivity (Wildman–Crippen MR) is 99.9 cm³/mol. The van der Waals surface area contributed by atoms with Crippen LogP contribution in [0.3, 0.4) is 0 Å². The zero-order valence-corrected chi connectivity index (χ0v) is 16.3. The molecule has 2 N–H and O–H groups in total. The summed E-state index contributed by atoms with van der Waals surface area (Å²) in [5.41, 5.74) is 0.994. The molecule has 0 radical (unpaired) electrons. The van der Waals surface area contributed by atoms with Crippen molar-refractivity contribution in [2.24, 2.45) is 11.8 Å². The van der Waals surface area contributed by atoms with Gasteiger partial charge < -0.3 is 20.0 Å². The minimum absolute atomic E-state index is 0.129. The molecule has 0 saturated carbocycles. The summed E-state index contributed by atoms with van der Waals surface area (Å²) in [5, 5.41) is 21.3. The molecule has 1 aromatic rings. The lowest BCUT2D eigenvalue weighted by Gasteiger charge is -2.32. The van der Waals surface area contributed by atoms with E-state index in [4.69, 9.17) is 0 Å². The van der Waals surface area contributed by atoms with Gasteiger partial charge in [0.1, 0.15) is 0 Å². The largest absolute Gasteiger partial charge is 0.396 e. The Morgan fingerprint density at radius 1 is 1.36 bits per heavy atom. The Labute approximate surface area is 157 Å². The summed E-state index contributed by atoms with van der Waals surface area (Å²) in [7, 11) is 0. The lowest BCUT2D eigenvalue weighted by molar-refractivity contribution is -0.127. The molecular weight excluding hydrogens is 358 g/mol. The third-order valence-electron chi connectivity index (χ3n) is 5.13. The molecule has 2 atom stereocenters. The number of thioether (sulfide) groups is 1. The molecule has 0 bridgehead atoms. The first-order valence-corrected chi connectivity index (χ1v) is 10.8. The molecule has 1 amide bonds. The van der Waals surface area contributed by atoms with E-state index < -0.39 is 0 Å². The van der Waals surface area contributed by atoms with Gasteiger partial charge in [-0.05, 0) is 25.7 Å². The van der Waals surface area contributed by atoms with E-state index in [0.29, 0.717) is 18.2 Å². The van der Waals surface area contributed by atoms with Crippen molar-refractivity contribution in [3.05, 3.63) is 11.1 Å². The summed E-state index contributed by atoms with van der Waals surface area (Å²) in [6.07, 6.45) is 1.48. The first-order valence-electron chi connectivity index (χ1n) is 8.89. The fourth-order valence-corrected chi connectivity index (χ4v) is 5.36. The summed E-state index contributed by atoms with van der Waals surface area (Å²) in [6, 6.07) is 0. The van der Waals surface area contributed by atoms with Crippen molar-refractivity contribution in [1.82, 2.24) is 14.8 Å². The van der Waals surface area contributed by atoms with Crippen molar-refractivity contribution >= 4 is 29.0 Å². The molecule has 2 saturated heterocycles. The Morgan fingerprint density at radius 2 is 2.08 bits per heavy atom. The lowest BCUT2D eigenvalue weighted by Crippen LogP contribution is -2.41. The van der Waals surface area contributed by atoms with Crippen LogP contribution in [0.1, 0.15) is 18.5 Å². The van der Waals surface area contributed by atoms with Crippen LogP contribution in [-0.4, -0.2) is 82.1 Å². The van der Waals surface area contributed by atoms with Crippen molar-refractivity contribution < 1.29 is 15.0 Å². The van der Waals surface area contributed by atoms with Crippen LogP contribution in [0.25, 0.3) is 0 Å². The number of aromatic nitrogens is 1. The van der Waals surface area contributed by atoms with Crippen molar-refractivity contribution in [3.63, 3.8) is 0 Å². The van der Waals surface area contributed by atoms with E-state index in [1.165, 1.54) is 11.8 Å². The highest BCUT2D eigenvalue weighted by atomic mass is 32.2. The van der Waals surface area contributed by atoms with E-state index in [-0.39, 0.29) is 24.5 Å². The molecule has 0 spiro atoms. The van der Waals surface area contributed by atoms with Gasteiger partial charge in [-0.25, -0.2) is 4.98 Å². The normalized spacial score (nSPS) is 25.6. The standard InChI is InChI=1S/C17H27N3O3S2/c1-12-10-24-17(18-12)25-11-16(23)20-7-13(14(8-20)9-21)6-19-4-2-15(22)3-5-19/h10,13-15,21-22H,2-9,11H2,1H3/t13-,14-/m1/s1. The first kappa shape index (κ1) is 19.1. The van der Waals surface area contributed by atoms with Crippen LogP contribution < -0.4 is 0 Å². The number of aryl methyl sites for hydroxylation is 1. The van der Waals surface area contributed by atoms with E-state index in [0.717, 1.165) is 49.1 Å². The maximum Gasteiger partial charge on any atom is 0.233 e. The average Bonchev–Trinajstić information content (AvgIpc) is 3.21. The van der Waals surface area contributed by atoms with E-state index in [9.17, 15) is 15.0 Å². The molecule has 6 nitrogen and oxygen atoms in total. The minimum atomic E-state index is -0.168. The predicted octanol–water partition coefficient (Wildman–Crippen LogP) is 1.07. The van der Waals surface area contributed by atoms with Crippen molar-refractivity contribution in [2.45, 2.75) is 30.2 Å². The van der Waals surface area contributed by atoms with E-state index in [1.54, 1.807) is 11.3 Å². The van der Waals surface area contributed by atoms with Crippen LogP contribution in [0.15, 0.2) is 9.72 Å². The summed E-state index contributed by atoms with van der Waals surface area (Å²) in [4.78, 5) is 21.2. The summed E-state index contributed by atoms with van der Waals surface area (Å²) >= 11 is 3.07. The van der Waals surface area contributed by atoms with E-state index in [1.807, 2.05) is 17.2 Å². The van der Waals surface area contributed by atoms with Crippen LogP contribution in [0.4, 0.5) is 0 Å². The van der Waals surface area contributed by atoms with Crippen molar-refractivity contribution in [1.29, 1.82) is 0 Å². The highest BCUT2D eigenvalue weighted by molar-refractivity contribution is 8.01. The maximum absolute atomic E-state index is 12.5. The zero-order valence-electron chi connectivity index (χ0n) is 14.6. The van der Waals surface area contributed by atoms with Gasteiger partial charge in [-0.15, -0.1) is 11.3 Å². The van der Waals surface area contributed by atoms with Gasteiger partial charge in [0.05, 0.1) is 11.9 Å². The highest BCUT2D eigenvalue weighted by Gasteiger charge is 2.36. The number of rotatable bonds is 6. The maximum atomic E-state index is 12.5. The highest BCUT2D eigenvalue weighted by Crippen LogP contribution is 2.28. The number of carbonyl (C=O) groups is 1. The molecule has 0 unspecified atom stereocenters. The zero-order chi connectivity index (χ0) is 17.8. The molecule has 3 heterocycles. The number of piperidine rings is 1. The van der Waals surface area contributed by atoms with E-state index in [2.05, 4.69) is 9.88 Å². The second-order valence-electron chi connectivity index (χ2n) is 7.08. The molecule has 3 rings (SSSR count). The van der Waals surface area contributed by atoms with Gasteiger partial charge in [0.2, 0.25) is 5.91 Å². The van der Waals surface area contributed by atoms with Crippen LogP contribution >= 0.6 is 23.1 Å². The number of aliphatic hydroxyl groups excluding tert-OH is 2. The van der Waals surface area contributed by atoms with Crippen molar-refractivity contribution in [3.8, 4) is 0 Å². The number of likely N-dealkylation sites (tertiary alicyclic amines) is 2.